The SMILES string of the molecule is COc1ccccc1[C@@H]1C(C#N)=C(N)Oc2c1c(=O)sc1ccccc21. The number of rotatable bonds is 2. The summed E-state index contributed by atoms with van der Waals surface area (Å²) in [4.78, 5) is 13.0. The molecule has 6 heteroatoms. The van der Waals surface area contributed by atoms with Crippen LogP contribution in [0.1, 0.15) is 17.0 Å². The average Bonchev–Trinajstić information content (AvgIpc) is 2.67. The van der Waals surface area contributed by atoms with Crippen molar-refractivity contribution in [3.63, 3.8) is 0 Å². The van der Waals surface area contributed by atoms with E-state index in [1.165, 1.54) is 0 Å². The smallest absolute Gasteiger partial charge is 0.240 e. The van der Waals surface area contributed by atoms with Crippen molar-refractivity contribution in [2.75, 3.05) is 7.11 Å². The highest BCUT2D eigenvalue weighted by Gasteiger charge is 2.35. The molecule has 1 aliphatic heterocycles. The van der Waals surface area contributed by atoms with Gasteiger partial charge < -0.3 is 15.2 Å². The van der Waals surface area contributed by atoms with Gasteiger partial charge >= 0.3 is 0 Å². The first kappa shape index (κ1) is 16.2. The van der Waals surface area contributed by atoms with E-state index in [1.807, 2.05) is 42.5 Å². The molecule has 128 valence electrons. The van der Waals surface area contributed by atoms with E-state index in [0.29, 0.717) is 22.6 Å². The third kappa shape index (κ3) is 2.33. The number of nitrogens with zero attached hydrogens (tertiary/aromatic N) is 1. The predicted molar refractivity (Wildman–Crippen MR) is 100 cm³/mol. The van der Waals surface area contributed by atoms with Crippen molar-refractivity contribution in [2.24, 2.45) is 5.73 Å². The van der Waals surface area contributed by atoms with Crippen LogP contribution in [0.5, 0.6) is 11.5 Å². The Hall–Kier alpha value is -3.30. The van der Waals surface area contributed by atoms with Gasteiger partial charge in [-0.25, -0.2) is 0 Å². The van der Waals surface area contributed by atoms with Crippen molar-refractivity contribution >= 4 is 21.4 Å². The van der Waals surface area contributed by atoms with E-state index in [0.717, 1.165) is 21.4 Å². The molecule has 0 aliphatic carbocycles. The maximum atomic E-state index is 13.0. The van der Waals surface area contributed by atoms with E-state index in [9.17, 15) is 10.1 Å². The fraction of sp³-hybridized carbons (Fsp3) is 0.100. The zero-order chi connectivity index (χ0) is 18.3. The Morgan fingerprint density at radius 2 is 1.92 bits per heavy atom. The van der Waals surface area contributed by atoms with Crippen LogP contribution >= 0.6 is 11.3 Å². The topological polar surface area (TPSA) is 85.3 Å². The van der Waals surface area contributed by atoms with Crippen molar-refractivity contribution in [3.05, 3.63) is 80.7 Å². The van der Waals surface area contributed by atoms with Crippen molar-refractivity contribution < 1.29 is 9.47 Å². The normalized spacial score (nSPS) is 15.9. The van der Waals surface area contributed by atoms with Gasteiger partial charge in [0.2, 0.25) is 10.6 Å². The van der Waals surface area contributed by atoms with E-state index in [2.05, 4.69) is 6.07 Å². The Bertz CT molecular complexity index is 1160. The number of nitrogens with two attached hydrogens (primary N) is 1. The Kier molecular flexibility index (Phi) is 3.86. The quantitative estimate of drug-likeness (QED) is 0.754. The second-order valence-electron chi connectivity index (χ2n) is 5.80. The second kappa shape index (κ2) is 6.21. The minimum absolute atomic E-state index is 0.0108. The Morgan fingerprint density at radius 3 is 2.69 bits per heavy atom. The zero-order valence-corrected chi connectivity index (χ0v) is 14.7. The number of fused-ring (bicyclic) bond motifs is 3. The van der Waals surface area contributed by atoms with Crippen LogP contribution in [-0.2, 0) is 0 Å². The zero-order valence-electron chi connectivity index (χ0n) is 13.9. The van der Waals surface area contributed by atoms with E-state index in [1.54, 1.807) is 13.2 Å². The van der Waals surface area contributed by atoms with Crippen LogP contribution in [0, 0.1) is 11.3 Å². The first-order chi connectivity index (χ1) is 12.7. The molecule has 4 rings (SSSR count). The van der Waals surface area contributed by atoms with Gasteiger partial charge in [0.15, 0.2) is 0 Å². The predicted octanol–water partition coefficient (Wildman–Crippen LogP) is 3.49. The van der Waals surface area contributed by atoms with Gasteiger partial charge in [0.25, 0.3) is 0 Å². The van der Waals surface area contributed by atoms with Crippen LogP contribution in [0.2, 0.25) is 0 Å². The van der Waals surface area contributed by atoms with Crippen LogP contribution in [0.4, 0.5) is 0 Å². The Balaban J connectivity index is 2.11. The summed E-state index contributed by atoms with van der Waals surface area (Å²) in [5, 5.41) is 10.5. The fourth-order valence-electron chi connectivity index (χ4n) is 3.28. The molecule has 2 N–H and O–H groups in total. The van der Waals surface area contributed by atoms with Crippen LogP contribution in [0.15, 0.2) is 64.8 Å². The van der Waals surface area contributed by atoms with Gasteiger partial charge in [-0.15, -0.1) is 0 Å². The third-order valence-corrected chi connectivity index (χ3v) is 5.41. The van der Waals surface area contributed by atoms with E-state index < -0.39 is 5.92 Å². The molecule has 1 atom stereocenters. The minimum atomic E-state index is -0.631. The molecule has 1 aromatic heterocycles. The molecule has 0 unspecified atom stereocenters. The number of benzene rings is 2. The molecule has 2 heterocycles. The molecule has 26 heavy (non-hydrogen) atoms. The standard InChI is InChI=1S/C20H14N2O3S/c1-24-14-8-4-2-6-11(14)16-13(10-21)19(22)25-18-12-7-3-5-9-15(12)26-20(23)17(16)18/h2-9,16H,22H2,1H3/t16-/m1/s1. The molecule has 5 nitrogen and oxygen atoms in total. The van der Waals surface area contributed by atoms with Gasteiger partial charge in [-0.1, -0.05) is 41.7 Å². The van der Waals surface area contributed by atoms with Gasteiger partial charge in [0.1, 0.15) is 23.1 Å². The second-order valence-corrected chi connectivity index (χ2v) is 6.81. The maximum Gasteiger partial charge on any atom is 0.240 e. The summed E-state index contributed by atoms with van der Waals surface area (Å²) in [6.07, 6.45) is 0. The lowest BCUT2D eigenvalue weighted by atomic mass is 9.84. The summed E-state index contributed by atoms with van der Waals surface area (Å²) >= 11 is 1.13. The van der Waals surface area contributed by atoms with Gasteiger partial charge in [-0.05, 0) is 18.2 Å². The number of allylic oxidation sites excluding steroid dienone is 1. The van der Waals surface area contributed by atoms with Crippen molar-refractivity contribution in [1.29, 1.82) is 5.26 Å². The summed E-state index contributed by atoms with van der Waals surface area (Å²) in [5.74, 6) is 0.380. The fourth-order valence-corrected chi connectivity index (χ4v) is 4.22. The number of hydrogen-bond acceptors (Lipinski definition) is 6. The molecule has 1 aliphatic rings. The lowest BCUT2D eigenvalue weighted by molar-refractivity contribution is 0.390. The van der Waals surface area contributed by atoms with Gasteiger partial charge in [-0.3, -0.25) is 4.79 Å². The first-order valence-corrected chi connectivity index (χ1v) is 8.73. The largest absolute Gasteiger partial charge is 0.496 e. The lowest BCUT2D eigenvalue weighted by Crippen LogP contribution is -2.25. The van der Waals surface area contributed by atoms with E-state index >= 15 is 0 Å². The van der Waals surface area contributed by atoms with Crippen LogP contribution in [0.25, 0.3) is 10.1 Å². The summed E-state index contributed by atoms with van der Waals surface area (Å²) < 4.78 is 11.9. The molecule has 0 amide bonds. The molecule has 3 aromatic rings. The molecule has 0 radical (unpaired) electrons. The minimum Gasteiger partial charge on any atom is -0.496 e. The molecule has 2 aromatic carbocycles. The number of para-hydroxylation sites is 1. The van der Waals surface area contributed by atoms with Crippen molar-refractivity contribution in [2.45, 2.75) is 5.92 Å². The average molecular weight is 362 g/mol. The molecular formula is C20H14N2O3S. The lowest BCUT2D eigenvalue weighted by Gasteiger charge is -2.27. The number of ether oxygens (including phenoxy) is 2. The highest BCUT2D eigenvalue weighted by Crippen LogP contribution is 2.46. The van der Waals surface area contributed by atoms with Crippen LogP contribution in [0.3, 0.4) is 0 Å². The number of hydrogen-bond donors (Lipinski definition) is 1. The maximum absolute atomic E-state index is 13.0. The molecule has 0 saturated carbocycles. The monoisotopic (exact) mass is 362 g/mol. The van der Waals surface area contributed by atoms with Gasteiger partial charge in [0, 0.05) is 15.6 Å². The van der Waals surface area contributed by atoms with Gasteiger partial charge in [-0.2, -0.15) is 5.26 Å². The van der Waals surface area contributed by atoms with Crippen LogP contribution in [-0.4, -0.2) is 7.11 Å². The summed E-state index contributed by atoms with van der Waals surface area (Å²) in [5.41, 5.74) is 7.40. The van der Waals surface area contributed by atoms with Crippen molar-refractivity contribution in [1.82, 2.24) is 0 Å². The molecule has 0 bridgehead atoms. The number of methoxy groups -OCH3 is 1. The van der Waals surface area contributed by atoms with Crippen LogP contribution < -0.4 is 19.9 Å². The molecule has 0 spiro atoms. The van der Waals surface area contributed by atoms with Crippen molar-refractivity contribution in [3.8, 4) is 17.6 Å². The highest BCUT2D eigenvalue weighted by molar-refractivity contribution is 7.16. The Labute approximate surface area is 153 Å². The third-order valence-electron chi connectivity index (χ3n) is 4.42. The molecular weight excluding hydrogens is 348 g/mol. The first-order valence-electron chi connectivity index (χ1n) is 7.92. The highest BCUT2D eigenvalue weighted by atomic mass is 32.1. The molecule has 0 fully saturated rings. The summed E-state index contributed by atoms with van der Waals surface area (Å²) in [6.45, 7) is 0. The summed E-state index contributed by atoms with van der Waals surface area (Å²) in [6, 6.07) is 16.9. The van der Waals surface area contributed by atoms with E-state index in [4.69, 9.17) is 15.2 Å². The van der Waals surface area contributed by atoms with E-state index in [-0.39, 0.29) is 16.2 Å². The molecule has 0 saturated heterocycles. The summed E-state index contributed by atoms with van der Waals surface area (Å²) in [7, 11) is 1.55. The number of nitriles is 1. The van der Waals surface area contributed by atoms with Gasteiger partial charge in [0.05, 0.1) is 18.6 Å². The Morgan fingerprint density at radius 1 is 1.19 bits per heavy atom.